The fourth-order valence-electron chi connectivity index (χ4n) is 0.918. The SMILES string of the molecule is CC(=O)ONCc1ccc(C#N)cc1. The van der Waals surface area contributed by atoms with Crippen molar-refractivity contribution in [2.45, 2.75) is 13.5 Å². The van der Waals surface area contributed by atoms with E-state index in [1.807, 2.05) is 6.07 Å². The molecule has 4 heteroatoms. The number of rotatable bonds is 3. The maximum Gasteiger partial charge on any atom is 0.321 e. The Kier molecular flexibility index (Phi) is 3.65. The Morgan fingerprint density at radius 2 is 2.14 bits per heavy atom. The van der Waals surface area contributed by atoms with Gasteiger partial charge in [0.15, 0.2) is 0 Å². The Morgan fingerprint density at radius 3 is 2.64 bits per heavy atom. The molecule has 0 heterocycles. The Bertz CT molecular complexity index is 351. The quantitative estimate of drug-likeness (QED) is 0.725. The zero-order chi connectivity index (χ0) is 10.4. The van der Waals surface area contributed by atoms with Crippen molar-refractivity contribution in [1.82, 2.24) is 5.48 Å². The Labute approximate surface area is 82.1 Å². The normalized spacial score (nSPS) is 9.14. The highest BCUT2D eigenvalue weighted by Gasteiger charge is 1.95. The molecule has 0 fully saturated rings. The second kappa shape index (κ2) is 5.00. The van der Waals surface area contributed by atoms with Crippen LogP contribution in [0.2, 0.25) is 0 Å². The van der Waals surface area contributed by atoms with E-state index in [2.05, 4.69) is 10.3 Å². The summed E-state index contributed by atoms with van der Waals surface area (Å²) in [5, 5.41) is 8.54. The molecule has 1 N–H and O–H groups in total. The van der Waals surface area contributed by atoms with Crippen LogP contribution in [0, 0.1) is 11.3 Å². The van der Waals surface area contributed by atoms with Gasteiger partial charge >= 0.3 is 5.97 Å². The van der Waals surface area contributed by atoms with Gasteiger partial charge in [-0.05, 0) is 17.7 Å². The summed E-state index contributed by atoms with van der Waals surface area (Å²) < 4.78 is 0. The molecule has 4 nitrogen and oxygen atoms in total. The van der Waals surface area contributed by atoms with Crippen LogP contribution in [0.3, 0.4) is 0 Å². The lowest BCUT2D eigenvalue weighted by molar-refractivity contribution is -0.148. The number of nitrogens with zero attached hydrogens (tertiary/aromatic N) is 1. The summed E-state index contributed by atoms with van der Waals surface area (Å²) in [6, 6.07) is 9.05. The van der Waals surface area contributed by atoms with Gasteiger partial charge in [-0.25, -0.2) is 0 Å². The lowest BCUT2D eigenvalue weighted by Crippen LogP contribution is -2.17. The van der Waals surface area contributed by atoms with Crippen LogP contribution < -0.4 is 5.48 Å². The van der Waals surface area contributed by atoms with E-state index in [0.29, 0.717) is 12.1 Å². The molecule has 0 unspecified atom stereocenters. The second-order valence-electron chi connectivity index (χ2n) is 2.72. The van der Waals surface area contributed by atoms with Crippen LogP contribution in [-0.4, -0.2) is 5.97 Å². The van der Waals surface area contributed by atoms with Gasteiger partial charge in [-0.3, -0.25) is 4.79 Å². The number of carbonyl (C=O) groups excluding carboxylic acids is 1. The standard InChI is InChI=1S/C10H10N2O2/c1-8(13)14-12-7-10-4-2-9(6-11)3-5-10/h2-5,12H,7H2,1H3. The van der Waals surface area contributed by atoms with E-state index in [4.69, 9.17) is 5.26 Å². The molecule has 0 aromatic heterocycles. The predicted octanol–water partition coefficient (Wildman–Crippen LogP) is 1.13. The molecule has 0 bridgehead atoms. The van der Waals surface area contributed by atoms with Gasteiger partial charge in [0.1, 0.15) is 0 Å². The van der Waals surface area contributed by atoms with Crippen molar-refractivity contribution in [2.24, 2.45) is 0 Å². The molecule has 1 aromatic rings. The third-order valence-electron chi connectivity index (χ3n) is 1.58. The van der Waals surface area contributed by atoms with Crippen molar-refractivity contribution in [2.75, 3.05) is 0 Å². The van der Waals surface area contributed by atoms with Crippen LogP contribution in [0.5, 0.6) is 0 Å². The molecule has 0 saturated carbocycles. The number of benzene rings is 1. The van der Waals surface area contributed by atoms with E-state index >= 15 is 0 Å². The zero-order valence-corrected chi connectivity index (χ0v) is 7.78. The average Bonchev–Trinajstić information content (AvgIpc) is 2.18. The summed E-state index contributed by atoms with van der Waals surface area (Å²) in [5.74, 6) is -0.376. The molecule has 14 heavy (non-hydrogen) atoms. The Morgan fingerprint density at radius 1 is 1.50 bits per heavy atom. The van der Waals surface area contributed by atoms with Gasteiger partial charge in [0.05, 0.1) is 18.2 Å². The van der Waals surface area contributed by atoms with E-state index in [1.54, 1.807) is 24.3 Å². The van der Waals surface area contributed by atoms with Gasteiger partial charge in [0.25, 0.3) is 0 Å². The average molecular weight is 190 g/mol. The molecular formula is C10H10N2O2. The molecule has 0 aliphatic heterocycles. The van der Waals surface area contributed by atoms with Crippen LogP contribution >= 0.6 is 0 Å². The first-order valence-corrected chi connectivity index (χ1v) is 4.11. The minimum absolute atomic E-state index is 0.376. The molecule has 0 spiro atoms. The van der Waals surface area contributed by atoms with Crippen LogP contribution in [0.25, 0.3) is 0 Å². The summed E-state index contributed by atoms with van der Waals surface area (Å²) in [6.45, 7) is 1.76. The monoisotopic (exact) mass is 190 g/mol. The molecule has 0 aliphatic rings. The molecule has 72 valence electrons. The largest absolute Gasteiger partial charge is 0.371 e. The first kappa shape index (κ1) is 10.2. The number of nitrogens with one attached hydrogen (secondary N) is 1. The topological polar surface area (TPSA) is 62.1 Å². The smallest absolute Gasteiger partial charge is 0.321 e. The highest BCUT2D eigenvalue weighted by atomic mass is 16.7. The van der Waals surface area contributed by atoms with Crippen molar-refractivity contribution in [1.29, 1.82) is 5.26 Å². The summed E-state index contributed by atoms with van der Waals surface area (Å²) in [6.07, 6.45) is 0. The number of carbonyl (C=O) groups is 1. The minimum atomic E-state index is -0.376. The van der Waals surface area contributed by atoms with E-state index in [0.717, 1.165) is 5.56 Å². The van der Waals surface area contributed by atoms with Crippen molar-refractivity contribution in [3.63, 3.8) is 0 Å². The van der Waals surface area contributed by atoms with Gasteiger partial charge in [0.2, 0.25) is 0 Å². The van der Waals surface area contributed by atoms with Crippen molar-refractivity contribution in [3.8, 4) is 6.07 Å². The summed E-state index contributed by atoms with van der Waals surface area (Å²) in [7, 11) is 0. The van der Waals surface area contributed by atoms with Crippen molar-refractivity contribution < 1.29 is 9.63 Å². The van der Waals surface area contributed by atoms with Gasteiger partial charge in [-0.2, -0.15) is 5.26 Å². The fraction of sp³-hybridized carbons (Fsp3) is 0.200. The van der Waals surface area contributed by atoms with Crippen LogP contribution in [-0.2, 0) is 16.2 Å². The molecule has 0 atom stereocenters. The molecule has 0 saturated heterocycles. The van der Waals surface area contributed by atoms with Gasteiger partial charge < -0.3 is 4.84 Å². The van der Waals surface area contributed by atoms with Crippen molar-refractivity contribution in [3.05, 3.63) is 35.4 Å². The van der Waals surface area contributed by atoms with Gasteiger partial charge in [-0.15, -0.1) is 5.48 Å². The number of nitriles is 1. The first-order valence-electron chi connectivity index (χ1n) is 4.11. The molecule has 1 aromatic carbocycles. The van der Waals surface area contributed by atoms with Gasteiger partial charge in [0, 0.05) is 6.92 Å². The molecule has 0 radical (unpaired) electrons. The molecule has 0 aliphatic carbocycles. The lowest BCUT2D eigenvalue weighted by Gasteiger charge is -2.03. The summed E-state index contributed by atoms with van der Waals surface area (Å²) in [5.41, 5.74) is 4.07. The minimum Gasteiger partial charge on any atom is -0.371 e. The number of hydrogen-bond donors (Lipinski definition) is 1. The Hall–Kier alpha value is -1.86. The predicted molar refractivity (Wildman–Crippen MR) is 49.8 cm³/mol. The summed E-state index contributed by atoms with van der Waals surface area (Å²) in [4.78, 5) is 15.0. The summed E-state index contributed by atoms with van der Waals surface area (Å²) >= 11 is 0. The second-order valence-corrected chi connectivity index (χ2v) is 2.72. The lowest BCUT2D eigenvalue weighted by atomic mass is 10.1. The van der Waals surface area contributed by atoms with Crippen LogP contribution in [0.1, 0.15) is 18.1 Å². The van der Waals surface area contributed by atoms with E-state index in [1.165, 1.54) is 6.92 Å². The van der Waals surface area contributed by atoms with Gasteiger partial charge in [-0.1, -0.05) is 12.1 Å². The third kappa shape index (κ3) is 3.25. The van der Waals surface area contributed by atoms with E-state index < -0.39 is 0 Å². The van der Waals surface area contributed by atoms with Crippen molar-refractivity contribution >= 4 is 5.97 Å². The van der Waals surface area contributed by atoms with E-state index in [9.17, 15) is 4.79 Å². The van der Waals surface area contributed by atoms with Crippen LogP contribution in [0.15, 0.2) is 24.3 Å². The molecule has 0 amide bonds. The first-order chi connectivity index (χ1) is 6.72. The van der Waals surface area contributed by atoms with E-state index in [-0.39, 0.29) is 5.97 Å². The molecule has 1 rings (SSSR count). The number of hydrogen-bond acceptors (Lipinski definition) is 4. The Balaban J connectivity index is 2.45. The maximum atomic E-state index is 10.4. The zero-order valence-electron chi connectivity index (χ0n) is 7.78. The van der Waals surface area contributed by atoms with Crippen LogP contribution in [0.4, 0.5) is 0 Å². The fourth-order valence-corrected chi connectivity index (χ4v) is 0.918. The number of hydroxylamine groups is 1. The highest BCUT2D eigenvalue weighted by Crippen LogP contribution is 2.02. The maximum absolute atomic E-state index is 10.4. The highest BCUT2D eigenvalue weighted by molar-refractivity contribution is 5.65. The molecular weight excluding hydrogens is 180 g/mol. The third-order valence-corrected chi connectivity index (χ3v) is 1.58.